The first-order chi connectivity index (χ1) is 14.4. The maximum Gasteiger partial charge on any atom is 0.324 e. The Balaban J connectivity index is 1.75. The van der Waals surface area contributed by atoms with Crippen LogP contribution in [0, 0.1) is 17.0 Å². The smallest absolute Gasteiger partial charge is 0.267 e. The number of hydrogen-bond donors (Lipinski definition) is 0. The minimum atomic E-state index is -0.456. The van der Waals surface area contributed by atoms with E-state index in [0.717, 1.165) is 31.6 Å². The highest BCUT2D eigenvalue weighted by molar-refractivity contribution is 9.10. The quantitative estimate of drug-likeness (QED) is 0.190. The molecule has 2 aromatic carbocycles. The van der Waals surface area contributed by atoms with Gasteiger partial charge >= 0.3 is 5.00 Å². The highest BCUT2D eigenvalue weighted by Crippen LogP contribution is 2.31. The van der Waals surface area contributed by atoms with E-state index in [0.29, 0.717) is 15.6 Å². The molecule has 0 aliphatic rings. The van der Waals surface area contributed by atoms with Crippen LogP contribution in [0.1, 0.15) is 20.8 Å². The molecule has 10 heteroatoms. The summed E-state index contributed by atoms with van der Waals surface area (Å²) in [5.41, 5.74) is 2.31. The van der Waals surface area contributed by atoms with Crippen LogP contribution in [0.2, 0.25) is 0 Å². The molecule has 30 heavy (non-hydrogen) atoms. The molecule has 2 aromatic heterocycles. The molecule has 0 saturated carbocycles. The van der Waals surface area contributed by atoms with Gasteiger partial charge in [0.1, 0.15) is 0 Å². The molecule has 0 N–H and O–H groups in total. The number of halogens is 1. The summed E-state index contributed by atoms with van der Waals surface area (Å²) >= 11 is 5.72. The van der Waals surface area contributed by atoms with Gasteiger partial charge in [0.2, 0.25) is 5.13 Å². The number of hydrogen-bond acceptors (Lipinski definition) is 7. The summed E-state index contributed by atoms with van der Waals surface area (Å²) in [4.78, 5) is 28.8. The number of carbonyl (C=O) groups is 1. The van der Waals surface area contributed by atoms with Gasteiger partial charge in [-0.25, -0.2) is 4.98 Å². The Kier molecular flexibility index (Phi) is 5.71. The molecule has 0 radical (unpaired) electrons. The number of anilines is 1. The highest BCUT2D eigenvalue weighted by Gasteiger charge is 2.21. The summed E-state index contributed by atoms with van der Waals surface area (Å²) in [7, 11) is 0. The van der Waals surface area contributed by atoms with Crippen molar-refractivity contribution in [2.45, 2.75) is 6.92 Å². The number of carbonyl (C=O) groups excluding carboxylic acids is 1. The summed E-state index contributed by atoms with van der Waals surface area (Å²) in [6.07, 6.45) is 1.44. The number of amides is 1. The fourth-order valence-electron chi connectivity index (χ4n) is 2.67. The number of hydrazone groups is 1. The number of nitrogens with zero attached hydrogens (tertiary/aromatic N) is 4. The van der Waals surface area contributed by atoms with Gasteiger partial charge in [-0.3, -0.25) is 14.9 Å². The summed E-state index contributed by atoms with van der Waals surface area (Å²) < 4.78 is 1.71. The van der Waals surface area contributed by atoms with Crippen molar-refractivity contribution in [3.05, 3.63) is 85.2 Å². The van der Waals surface area contributed by atoms with Gasteiger partial charge in [0, 0.05) is 16.1 Å². The molecular formula is C20H13BrN4O3S2. The van der Waals surface area contributed by atoms with Gasteiger partial charge in [-0.1, -0.05) is 50.7 Å². The van der Waals surface area contributed by atoms with Crippen LogP contribution in [0.5, 0.6) is 0 Å². The highest BCUT2D eigenvalue weighted by atomic mass is 79.9. The van der Waals surface area contributed by atoms with Gasteiger partial charge in [0.15, 0.2) is 0 Å². The number of aryl methyl sites for hydroxylation is 1. The maximum absolute atomic E-state index is 13.2. The van der Waals surface area contributed by atoms with Gasteiger partial charge in [0.25, 0.3) is 5.91 Å². The van der Waals surface area contributed by atoms with Crippen molar-refractivity contribution in [3.8, 4) is 0 Å². The van der Waals surface area contributed by atoms with E-state index in [-0.39, 0.29) is 10.9 Å². The molecule has 0 bridgehead atoms. The van der Waals surface area contributed by atoms with E-state index < -0.39 is 4.92 Å². The molecule has 0 spiro atoms. The zero-order valence-electron chi connectivity index (χ0n) is 15.5. The van der Waals surface area contributed by atoms with Crippen LogP contribution < -0.4 is 5.01 Å². The SMILES string of the molecule is Cc1ccc2nc(N(/N=C/c3ccc([N+](=O)[O-])s3)C(=O)c3cccc(Br)c3)sc2c1. The van der Waals surface area contributed by atoms with Crippen LogP contribution in [0.15, 0.2) is 64.2 Å². The number of rotatable bonds is 5. The monoisotopic (exact) mass is 500 g/mol. The molecule has 4 rings (SSSR count). The second-order valence-corrected chi connectivity index (χ2v) is 9.29. The fourth-order valence-corrected chi connectivity index (χ4v) is 4.77. The molecule has 7 nitrogen and oxygen atoms in total. The van der Waals surface area contributed by atoms with Crippen molar-refractivity contribution in [1.29, 1.82) is 0 Å². The van der Waals surface area contributed by atoms with Gasteiger partial charge < -0.3 is 0 Å². The van der Waals surface area contributed by atoms with Crippen LogP contribution in [0.4, 0.5) is 10.1 Å². The van der Waals surface area contributed by atoms with E-state index in [9.17, 15) is 14.9 Å². The topological polar surface area (TPSA) is 88.7 Å². The van der Waals surface area contributed by atoms with Crippen molar-refractivity contribution in [1.82, 2.24) is 4.98 Å². The van der Waals surface area contributed by atoms with E-state index in [2.05, 4.69) is 26.0 Å². The molecule has 0 atom stereocenters. The molecule has 0 aliphatic heterocycles. The van der Waals surface area contributed by atoms with E-state index in [4.69, 9.17) is 0 Å². The molecule has 1 amide bonds. The minimum Gasteiger partial charge on any atom is -0.267 e. The Morgan fingerprint density at radius 3 is 2.77 bits per heavy atom. The summed E-state index contributed by atoms with van der Waals surface area (Å²) in [5, 5.41) is 16.9. The summed E-state index contributed by atoms with van der Waals surface area (Å²) in [5.74, 6) is -0.352. The number of fused-ring (bicyclic) bond motifs is 1. The third-order valence-corrected chi connectivity index (χ3v) is 6.53. The lowest BCUT2D eigenvalue weighted by atomic mass is 10.2. The van der Waals surface area contributed by atoms with Crippen LogP contribution in [-0.2, 0) is 0 Å². The van der Waals surface area contributed by atoms with E-state index in [1.54, 1.807) is 24.3 Å². The third-order valence-electron chi connectivity index (χ3n) is 4.07. The molecular weight excluding hydrogens is 488 g/mol. The van der Waals surface area contributed by atoms with Gasteiger partial charge in [-0.15, -0.1) is 0 Å². The average Bonchev–Trinajstić information content (AvgIpc) is 3.35. The Labute approximate surface area is 187 Å². The zero-order valence-corrected chi connectivity index (χ0v) is 18.7. The van der Waals surface area contributed by atoms with Gasteiger partial charge in [-0.2, -0.15) is 10.1 Å². The molecule has 0 saturated heterocycles. The minimum absolute atomic E-state index is 0.0109. The molecule has 4 aromatic rings. The molecule has 150 valence electrons. The normalized spacial score (nSPS) is 11.3. The molecule has 0 unspecified atom stereocenters. The molecule has 2 heterocycles. The van der Waals surface area contributed by atoms with Crippen molar-refractivity contribution in [2.75, 3.05) is 5.01 Å². The van der Waals surface area contributed by atoms with Crippen molar-refractivity contribution in [3.63, 3.8) is 0 Å². The second kappa shape index (κ2) is 8.42. The van der Waals surface area contributed by atoms with Crippen LogP contribution in [0.25, 0.3) is 10.2 Å². The summed E-state index contributed by atoms with van der Waals surface area (Å²) in [6, 6.07) is 15.9. The average molecular weight is 501 g/mol. The number of thiophene rings is 1. The second-order valence-electron chi connectivity index (χ2n) is 6.27. The Bertz CT molecular complexity index is 1300. The zero-order chi connectivity index (χ0) is 21.3. The third kappa shape index (κ3) is 4.30. The fraction of sp³-hybridized carbons (Fsp3) is 0.0500. The van der Waals surface area contributed by atoms with Crippen LogP contribution in [-0.4, -0.2) is 22.0 Å². The Hall–Kier alpha value is -2.95. The molecule has 0 fully saturated rings. The number of benzene rings is 2. The van der Waals surface area contributed by atoms with Crippen LogP contribution >= 0.6 is 38.6 Å². The van der Waals surface area contributed by atoms with Crippen molar-refractivity contribution in [2.24, 2.45) is 5.10 Å². The number of nitro groups is 1. The lowest BCUT2D eigenvalue weighted by Crippen LogP contribution is -2.25. The van der Waals surface area contributed by atoms with Gasteiger partial charge in [0.05, 0.1) is 26.2 Å². The first-order valence-corrected chi connectivity index (χ1v) is 11.1. The lowest BCUT2D eigenvalue weighted by molar-refractivity contribution is -0.380. The Morgan fingerprint density at radius 1 is 1.20 bits per heavy atom. The first-order valence-electron chi connectivity index (χ1n) is 8.66. The standard InChI is InChI=1S/C20H13BrN4O3S2/c1-12-5-7-16-17(9-12)30-20(23-16)24(19(26)13-3-2-4-14(21)10-13)22-11-15-6-8-18(29-15)25(27)28/h2-11H,1H3/b22-11+. The number of aromatic nitrogens is 1. The Morgan fingerprint density at radius 2 is 2.03 bits per heavy atom. The first kappa shape index (κ1) is 20.3. The largest absolute Gasteiger partial charge is 0.324 e. The lowest BCUT2D eigenvalue weighted by Gasteiger charge is -2.13. The van der Waals surface area contributed by atoms with Crippen molar-refractivity contribution >= 4 is 71.1 Å². The molecule has 0 aliphatic carbocycles. The van der Waals surface area contributed by atoms with Crippen LogP contribution in [0.3, 0.4) is 0 Å². The summed E-state index contributed by atoms with van der Waals surface area (Å²) in [6.45, 7) is 1.99. The van der Waals surface area contributed by atoms with Crippen molar-refractivity contribution < 1.29 is 9.72 Å². The predicted octanol–water partition coefficient (Wildman–Crippen LogP) is 6.02. The van der Waals surface area contributed by atoms with E-state index in [1.165, 1.54) is 28.6 Å². The van der Waals surface area contributed by atoms with E-state index in [1.807, 2.05) is 31.2 Å². The predicted molar refractivity (Wildman–Crippen MR) is 124 cm³/mol. The van der Waals surface area contributed by atoms with Gasteiger partial charge in [-0.05, 0) is 48.9 Å². The van der Waals surface area contributed by atoms with E-state index >= 15 is 0 Å². The maximum atomic E-state index is 13.2. The number of thiazole rings is 1.